The molecule has 2 aromatic carbocycles. The predicted molar refractivity (Wildman–Crippen MR) is 98.7 cm³/mol. The number of aliphatic hydroxyl groups excluding tert-OH is 1. The molecule has 0 radical (unpaired) electrons. The molecule has 5 nitrogen and oxygen atoms in total. The van der Waals surface area contributed by atoms with E-state index in [1.807, 2.05) is 42.5 Å². The number of fused-ring (bicyclic) bond motifs is 1. The van der Waals surface area contributed by atoms with Gasteiger partial charge in [-0.1, -0.05) is 24.3 Å². The third-order valence-electron chi connectivity index (χ3n) is 4.15. The Bertz CT molecular complexity index is 1060. The number of hydrogen-bond donors (Lipinski definition) is 2. The summed E-state index contributed by atoms with van der Waals surface area (Å²) in [7, 11) is 0. The van der Waals surface area contributed by atoms with Gasteiger partial charge < -0.3 is 10.4 Å². The highest BCUT2D eigenvalue weighted by Crippen LogP contribution is 2.25. The summed E-state index contributed by atoms with van der Waals surface area (Å²) >= 11 is 0. The van der Waals surface area contributed by atoms with Gasteiger partial charge in [-0.05, 0) is 54.4 Å². The van der Waals surface area contributed by atoms with E-state index in [0.717, 1.165) is 22.4 Å². The monoisotopic (exact) mass is 348 g/mol. The lowest BCUT2D eigenvalue weighted by Crippen LogP contribution is -1.95. The van der Waals surface area contributed by atoms with Crippen LogP contribution in [0.1, 0.15) is 18.6 Å². The van der Waals surface area contributed by atoms with Crippen LogP contribution < -0.4 is 5.32 Å². The summed E-state index contributed by atoms with van der Waals surface area (Å²) in [5.41, 5.74) is 3.85. The van der Waals surface area contributed by atoms with Crippen LogP contribution in [0.5, 0.6) is 0 Å². The van der Waals surface area contributed by atoms with Gasteiger partial charge in [0, 0.05) is 17.4 Å². The van der Waals surface area contributed by atoms with Gasteiger partial charge in [0.2, 0.25) is 5.95 Å². The number of aliphatic hydroxyl groups is 1. The maximum Gasteiger partial charge on any atom is 0.247 e. The third kappa shape index (κ3) is 3.14. The van der Waals surface area contributed by atoms with Crippen molar-refractivity contribution >= 4 is 17.3 Å². The van der Waals surface area contributed by atoms with E-state index in [0.29, 0.717) is 11.6 Å². The molecule has 1 unspecified atom stereocenters. The van der Waals surface area contributed by atoms with Crippen LogP contribution in [0.25, 0.3) is 16.8 Å². The molecule has 0 aliphatic carbocycles. The SMILES string of the molecule is CC(O)c1ccc(Nc2nc3c(-c4cccc(F)c4)cccn3n2)cc1. The quantitative estimate of drug-likeness (QED) is 0.576. The van der Waals surface area contributed by atoms with Gasteiger partial charge in [0.25, 0.3) is 0 Å². The third-order valence-corrected chi connectivity index (χ3v) is 4.15. The Balaban J connectivity index is 1.68. The van der Waals surface area contributed by atoms with Crippen LogP contribution in [-0.4, -0.2) is 19.7 Å². The van der Waals surface area contributed by atoms with Crippen LogP contribution >= 0.6 is 0 Å². The van der Waals surface area contributed by atoms with Crippen molar-refractivity contribution in [3.05, 3.63) is 78.2 Å². The number of anilines is 2. The maximum atomic E-state index is 13.6. The fourth-order valence-electron chi connectivity index (χ4n) is 2.81. The molecule has 6 heteroatoms. The molecule has 0 fully saturated rings. The zero-order chi connectivity index (χ0) is 18.1. The maximum absolute atomic E-state index is 13.6. The molecule has 0 aliphatic heterocycles. The highest BCUT2D eigenvalue weighted by atomic mass is 19.1. The Labute approximate surface area is 149 Å². The molecular weight excluding hydrogens is 331 g/mol. The second kappa shape index (κ2) is 6.57. The molecule has 4 aromatic rings. The summed E-state index contributed by atoms with van der Waals surface area (Å²) in [6.45, 7) is 1.72. The van der Waals surface area contributed by atoms with E-state index in [1.165, 1.54) is 12.1 Å². The normalized spacial score (nSPS) is 12.3. The molecule has 26 heavy (non-hydrogen) atoms. The molecule has 0 saturated heterocycles. The zero-order valence-electron chi connectivity index (χ0n) is 14.1. The van der Waals surface area contributed by atoms with Gasteiger partial charge in [-0.2, -0.15) is 4.98 Å². The number of nitrogens with zero attached hydrogens (tertiary/aromatic N) is 3. The van der Waals surface area contributed by atoms with Crippen LogP contribution in [0.3, 0.4) is 0 Å². The number of rotatable bonds is 4. The van der Waals surface area contributed by atoms with Gasteiger partial charge >= 0.3 is 0 Å². The minimum Gasteiger partial charge on any atom is -0.389 e. The number of aromatic nitrogens is 3. The second-order valence-electron chi connectivity index (χ2n) is 6.06. The average molecular weight is 348 g/mol. The summed E-state index contributed by atoms with van der Waals surface area (Å²) in [5, 5.41) is 17.2. The first-order valence-electron chi connectivity index (χ1n) is 8.26. The number of hydrogen-bond acceptors (Lipinski definition) is 4. The van der Waals surface area contributed by atoms with Gasteiger partial charge in [0.05, 0.1) is 6.10 Å². The lowest BCUT2D eigenvalue weighted by atomic mass is 10.1. The Morgan fingerprint density at radius 3 is 2.62 bits per heavy atom. The van der Waals surface area contributed by atoms with Crippen LogP contribution in [0.15, 0.2) is 66.9 Å². The van der Waals surface area contributed by atoms with Crippen molar-refractivity contribution in [1.82, 2.24) is 14.6 Å². The molecule has 2 heterocycles. The number of nitrogens with one attached hydrogen (secondary N) is 1. The molecular formula is C20H17FN4O. The van der Waals surface area contributed by atoms with Gasteiger partial charge in [-0.15, -0.1) is 5.10 Å². The predicted octanol–water partition coefficient (Wildman–Crippen LogP) is 4.33. The standard InChI is InChI=1S/C20H17FN4O/c1-13(26)14-7-9-17(10-8-14)22-20-23-19-18(6-3-11-25(19)24-20)15-4-2-5-16(21)12-15/h2-13,26H,1H3,(H,22,24). The van der Waals surface area contributed by atoms with Crippen molar-refractivity contribution < 1.29 is 9.50 Å². The van der Waals surface area contributed by atoms with E-state index in [1.54, 1.807) is 23.7 Å². The first-order valence-corrected chi connectivity index (χ1v) is 8.26. The summed E-state index contributed by atoms with van der Waals surface area (Å²) in [5.74, 6) is 0.152. The van der Waals surface area contributed by atoms with Crippen LogP contribution in [0.2, 0.25) is 0 Å². The van der Waals surface area contributed by atoms with Crippen molar-refractivity contribution in [2.45, 2.75) is 13.0 Å². The lowest BCUT2D eigenvalue weighted by Gasteiger charge is -2.06. The summed E-state index contributed by atoms with van der Waals surface area (Å²) < 4.78 is 15.2. The summed E-state index contributed by atoms with van der Waals surface area (Å²) in [6, 6.07) is 17.6. The zero-order valence-corrected chi connectivity index (χ0v) is 14.1. The Hall–Kier alpha value is -3.25. The van der Waals surface area contributed by atoms with Gasteiger partial charge in [0.15, 0.2) is 5.65 Å². The van der Waals surface area contributed by atoms with Crippen LogP contribution in [0, 0.1) is 5.82 Å². The van der Waals surface area contributed by atoms with Gasteiger partial charge in [-0.3, -0.25) is 0 Å². The van der Waals surface area contributed by atoms with Crippen molar-refractivity contribution in [3.8, 4) is 11.1 Å². The smallest absolute Gasteiger partial charge is 0.247 e. The first-order chi connectivity index (χ1) is 12.6. The molecule has 0 bridgehead atoms. The first kappa shape index (κ1) is 16.2. The van der Waals surface area contributed by atoms with E-state index < -0.39 is 6.10 Å². The Morgan fingerprint density at radius 2 is 1.88 bits per heavy atom. The molecule has 0 spiro atoms. The average Bonchev–Trinajstić information content (AvgIpc) is 3.04. The molecule has 0 aliphatic rings. The van der Waals surface area contributed by atoms with E-state index in [2.05, 4.69) is 15.4 Å². The number of halogens is 1. The molecule has 1 atom stereocenters. The van der Waals surface area contributed by atoms with Crippen LogP contribution in [-0.2, 0) is 0 Å². The van der Waals surface area contributed by atoms with Crippen molar-refractivity contribution in [3.63, 3.8) is 0 Å². The Morgan fingerprint density at radius 1 is 1.08 bits per heavy atom. The van der Waals surface area contributed by atoms with Gasteiger partial charge in [-0.25, -0.2) is 8.91 Å². The fourth-order valence-corrected chi connectivity index (χ4v) is 2.81. The number of pyridine rings is 1. The second-order valence-corrected chi connectivity index (χ2v) is 6.06. The minimum absolute atomic E-state index is 0.291. The van der Waals surface area contributed by atoms with Crippen molar-refractivity contribution in [1.29, 1.82) is 0 Å². The topological polar surface area (TPSA) is 62.5 Å². The largest absolute Gasteiger partial charge is 0.389 e. The lowest BCUT2D eigenvalue weighted by molar-refractivity contribution is 0.199. The molecule has 4 rings (SSSR count). The fraction of sp³-hybridized carbons (Fsp3) is 0.100. The van der Waals surface area contributed by atoms with Crippen LogP contribution in [0.4, 0.5) is 16.0 Å². The van der Waals surface area contributed by atoms with E-state index >= 15 is 0 Å². The van der Waals surface area contributed by atoms with E-state index in [4.69, 9.17) is 0 Å². The highest BCUT2D eigenvalue weighted by Gasteiger charge is 2.10. The molecule has 2 N–H and O–H groups in total. The van der Waals surface area contributed by atoms with E-state index in [-0.39, 0.29) is 5.82 Å². The van der Waals surface area contributed by atoms with Crippen molar-refractivity contribution in [2.24, 2.45) is 0 Å². The highest BCUT2D eigenvalue weighted by molar-refractivity contribution is 5.78. The summed E-state index contributed by atoms with van der Waals surface area (Å²) in [6.07, 6.45) is 1.29. The van der Waals surface area contributed by atoms with E-state index in [9.17, 15) is 9.50 Å². The molecule has 130 valence electrons. The number of benzene rings is 2. The van der Waals surface area contributed by atoms with Gasteiger partial charge in [0.1, 0.15) is 5.82 Å². The molecule has 0 amide bonds. The minimum atomic E-state index is -0.508. The summed E-state index contributed by atoms with van der Waals surface area (Å²) in [4.78, 5) is 4.54. The molecule has 2 aromatic heterocycles. The molecule has 0 saturated carbocycles. The Kier molecular flexibility index (Phi) is 4.10. The van der Waals surface area contributed by atoms with Crippen molar-refractivity contribution in [2.75, 3.05) is 5.32 Å².